The van der Waals surface area contributed by atoms with Gasteiger partial charge in [-0.1, -0.05) is 37.6 Å². The molecule has 3 aromatic carbocycles. The van der Waals surface area contributed by atoms with Crippen LogP contribution in [-0.2, 0) is 16.4 Å². The highest BCUT2D eigenvalue weighted by atomic mass is 32.2. The number of amides is 1. The lowest BCUT2D eigenvalue weighted by atomic mass is 10.1. The van der Waals surface area contributed by atoms with Gasteiger partial charge in [0.2, 0.25) is 10.0 Å². The zero-order valence-corrected chi connectivity index (χ0v) is 20.1. The number of rotatable bonds is 8. The van der Waals surface area contributed by atoms with Crippen molar-refractivity contribution in [2.24, 2.45) is 5.14 Å². The molecular weight excluding hydrogens is 475 g/mol. The highest BCUT2D eigenvalue weighted by Crippen LogP contribution is 2.26. The number of nitrogens with one attached hydrogen (secondary N) is 3. The third-order valence-corrected chi connectivity index (χ3v) is 6.20. The quantitative estimate of drug-likeness (QED) is 0.328. The van der Waals surface area contributed by atoms with E-state index in [1.54, 1.807) is 48.5 Å². The lowest BCUT2D eigenvalue weighted by Gasteiger charge is -2.16. The predicted molar refractivity (Wildman–Crippen MR) is 137 cm³/mol. The van der Waals surface area contributed by atoms with Crippen molar-refractivity contribution >= 4 is 50.3 Å². The van der Waals surface area contributed by atoms with E-state index in [1.165, 1.54) is 18.2 Å². The molecule has 0 atom stereocenters. The number of hydrogen-bond acceptors (Lipinski definition) is 4. The van der Waals surface area contributed by atoms with E-state index in [1.807, 2.05) is 6.92 Å². The Morgan fingerprint density at radius 2 is 1.59 bits per heavy atom. The fourth-order valence-corrected chi connectivity index (χ4v) is 4.54. The maximum atomic E-state index is 13.8. The number of nitrogens with two attached hydrogens (primary N) is 1. The molecular formula is C24H25FN4O3S2. The lowest BCUT2D eigenvalue weighted by molar-refractivity contribution is 0.102. The standard InChI is InChI=1S/C24H25FN4O3S2/c1-2-3-7-16-8-6-11-21(22(16)34(26,31)32)29-24(33)28-18-14-12-17(13-15-18)27-23(30)19-9-4-5-10-20(19)25/h4-6,8-15H,2-3,7H2,1H3,(H,27,30)(H2,26,31,32)(H2,28,29,33). The number of carbonyl (C=O) groups excluding carboxylic acids is 1. The molecule has 0 aliphatic rings. The first-order valence-electron chi connectivity index (χ1n) is 10.6. The van der Waals surface area contributed by atoms with E-state index < -0.39 is 21.7 Å². The summed E-state index contributed by atoms with van der Waals surface area (Å²) in [6.45, 7) is 2.02. The van der Waals surface area contributed by atoms with Crippen molar-refractivity contribution in [3.63, 3.8) is 0 Å². The molecule has 3 aromatic rings. The molecule has 178 valence electrons. The Kier molecular flexibility index (Phi) is 8.32. The summed E-state index contributed by atoms with van der Waals surface area (Å²) in [5.74, 6) is -1.16. The minimum Gasteiger partial charge on any atom is -0.332 e. The summed E-state index contributed by atoms with van der Waals surface area (Å²) in [7, 11) is -3.97. The number of thiocarbonyl (C=S) groups is 1. The Morgan fingerprint density at radius 1 is 0.941 bits per heavy atom. The van der Waals surface area contributed by atoms with Gasteiger partial charge >= 0.3 is 0 Å². The second-order valence-electron chi connectivity index (χ2n) is 7.53. The largest absolute Gasteiger partial charge is 0.332 e. The first-order valence-corrected chi connectivity index (χ1v) is 12.5. The maximum Gasteiger partial charge on any atom is 0.258 e. The third kappa shape index (κ3) is 6.60. The van der Waals surface area contributed by atoms with E-state index in [-0.39, 0.29) is 15.6 Å². The van der Waals surface area contributed by atoms with Gasteiger partial charge in [-0.2, -0.15) is 0 Å². The molecule has 0 aromatic heterocycles. The van der Waals surface area contributed by atoms with Gasteiger partial charge in [-0.15, -0.1) is 0 Å². The van der Waals surface area contributed by atoms with Crippen molar-refractivity contribution in [1.29, 1.82) is 0 Å². The average Bonchev–Trinajstić information content (AvgIpc) is 2.78. The van der Waals surface area contributed by atoms with Crippen molar-refractivity contribution in [1.82, 2.24) is 0 Å². The van der Waals surface area contributed by atoms with E-state index in [2.05, 4.69) is 16.0 Å². The molecule has 0 fully saturated rings. The van der Waals surface area contributed by atoms with Gasteiger partial charge in [-0.25, -0.2) is 17.9 Å². The molecule has 0 aliphatic heterocycles. The van der Waals surface area contributed by atoms with E-state index >= 15 is 0 Å². The van der Waals surface area contributed by atoms with Gasteiger partial charge in [-0.3, -0.25) is 4.79 Å². The summed E-state index contributed by atoms with van der Waals surface area (Å²) >= 11 is 5.34. The van der Waals surface area contributed by atoms with Gasteiger partial charge < -0.3 is 16.0 Å². The molecule has 0 bridgehead atoms. The van der Waals surface area contributed by atoms with Crippen LogP contribution in [0, 0.1) is 5.82 Å². The number of aryl methyl sites for hydroxylation is 1. The van der Waals surface area contributed by atoms with E-state index in [0.717, 1.165) is 12.8 Å². The average molecular weight is 501 g/mol. The highest BCUT2D eigenvalue weighted by Gasteiger charge is 2.19. The van der Waals surface area contributed by atoms with Crippen LogP contribution in [0.2, 0.25) is 0 Å². The van der Waals surface area contributed by atoms with Crippen LogP contribution in [-0.4, -0.2) is 19.4 Å². The molecule has 0 saturated carbocycles. The first-order chi connectivity index (χ1) is 16.2. The SMILES string of the molecule is CCCCc1cccc(NC(=S)Nc2ccc(NC(=O)c3ccccc3F)cc2)c1S(N)(=O)=O. The van der Waals surface area contributed by atoms with Crippen molar-refractivity contribution in [2.75, 3.05) is 16.0 Å². The summed E-state index contributed by atoms with van der Waals surface area (Å²) in [5, 5.41) is 14.1. The Labute approximate surface area is 203 Å². The van der Waals surface area contributed by atoms with Crippen LogP contribution in [0.25, 0.3) is 0 Å². The number of primary sulfonamides is 1. The van der Waals surface area contributed by atoms with Gasteiger partial charge in [0.15, 0.2) is 5.11 Å². The van der Waals surface area contributed by atoms with Crippen molar-refractivity contribution in [2.45, 2.75) is 31.1 Å². The zero-order valence-electron chi connectivity index (χ0n) is 18.5. The van der Waals surface area contributed by atoms with Crippen LogP contribution in [0.1, 0.15) is 35.7 Å². The molecule has 10 heteroatoms. The number of benzene rings is 3. The van der Waals surface area contributed by atoms with Gasteiger partial charge in [0.1, 0.15) is 10.7 Å². The van der Waals surface area contributed by atoms with Gasteiger partial charge in [0, 0.05) is 11.4 Å². The summed E-state index contributed by atoms with van der Waals surface area (Å²) in [6, 6.07) is 17.4. The Morgan fingerprint density at radius 3 is 2.21 bits per heavy atom. The summed E-state index contributed by atoms with van der Waals surface area (Å²) in [4.78, 5) is 12.3. The lowest BCUT2D eigenvalue weighted by Crippen LogP contribution is -2.23. The molecule has 0 saturated heterocycles. The first kappa shape index (κ1) is 25.3. The van der Waals surface area contributed by atoms with E-state index in [9.17, 15) is 17.6 Å². The summed E-state index contributed by atoms with van der Waals surface area (Å²) in [5.41, 5.74) is 1.94. The normalized spacial score (nSPS) is 11.0. The molecule has 0 spiro atoms. The summed E-state index contributed by atoms with van der Waals surface area (Å²) < 4.78 is 38.3. The zero-order chi connectivity index (χ0) is 24.7. The topological polar surface area (TPSA) is 113 Å². The number of hydrogen-bond donors (Lipinski definition) is 4. The smallest absolute Gasteiger partial charge is 0.258 e. The molecule has 0 aliphatic carbocycles. The van der Waals surface area contributed by atoms with Crippen LogP contribution in [0.3, 0.4) is 0 Å². The van der Waals surface area contributed by atoms with Crippen molar-refractivity contribution < 1.29 is 17.6 Å². The van der Waals surface area contributed by atoms with Crippen LogP contribution >= 0.6 is 12.2 Å². The molecule has 7 nitrogen and oxygen atoms in total. The Hall–Kier alpha value is -3.34. The fourth-order valence-electron chi connectivity index (χ4n) is 3.35. The van der Waals surface area contributed by atoms with Crippen LogP contribution in [0.5, 0.6) is 0 Å². The van der Waals surface area contributed by atoms with Gasteiger partial charge in [0.25, 0.3) is 5.91 Å². The number of sulfonamides is 1. The second-order valence-corrected chi connectivity index (χ2v) is 9.44. The second kappa shape index (κ2) is 11.2. The van der Waals surface area contributed by atoms with Crippen LogP contribution in [0.4, 0.5) is 21.5 Å². The van der Waals surface area contributed by atoms with E-state index in [4.69, 9.17) is 17.4 Å². The van der Waals surface area contributed by atoms with Crippen LogP contribution in [0.15, 0.2) is 71.6 Å². The highest BCUT2D eigenvalue weighted by molar-refractivity contribution is 7.89. The van der Waals surface area contributed by atoms with Gasteiger partial charge in [0.05, 0.1) is 11.3 Å². The van der Waals surface area contributed by atoms with Crippen molar-refractivity contribution in [3.8, 4) is 0 Å². The number of carbonyl (C=O) groups is 1. The molecule has 0 heterocycles. The van der Waals surface area contributed by atoms with Gasteiger partial charge in [-0.05, 0) is 73.1 Å². The fraction of sp³-hybridized carbons (Fsp3) is 0.167. The number of unbranched alkanes of at least 4 members (excludes halogenated alkanes) is 1. The summed E-state index contributed by atoms with van der Waals surface area (Å²) in [6.07, 6.45) is 2.32. The third-order valence-electron chi connectivity index (χ3n) is 4.95. The van der Waals surface area contributed by atoms with E-state index in [0.29, 0.717) is 29.0 Å². The molecule has 34 heavy (non-hydrogen) atoms. The predicted octanol–water partition coefficient (Wildman–Crippen LogP) is 4.88. The number of anilines is 3. The molecule has 3 rings (SSSR count). The minimum atomic E-state index is -3.97. The van der Waals surface area contributed by atoms with Crippen LogP contribution < -0.4 is 21.1 Å². The Bertz CT molecular complexity index is 1300. The maximum absolute atomic E-state index is 13.8. The molecule has 0 unspecified atom stereocenters. The number of halogens is 1. The molecule has 0 radical (unpaired) electrons. The molecule has 1 amide bonds. The molecule has 5 N–H and O–H groups in total. The van der Waals surface area contributed by atoms with Crippen molar-refractivity contribution in [3.05, 3.63) is 83.7 Å². The minimum absolute atomic E-state index is 0.0267. The Balaban J connectivity index is 1.69. The monoisotopic (exact) mass is 500 g/mol.